The van der Waals surface area contributed by atoms with E-state index in [9.17, 15) is 4.79 Å². The van der Waals surface area contributed by atoms with Crippen LogP contribution in [0.25, 0.3) is 0 Å². The van der Waals surface area contributed by atoms with E-state index in [-0.39, 0.29) is 11.6 Å². The lowest BCUT2D eigenvalue weighted by Gasteiger charge is -2.38. The summed E-state index contributed by atoms with van der Waals surface area (Å²) < 4.78 is 0. The zero-order valence-electron chi connectivity index (χ0n) is 14.4. The molecule has 2 aliphatic rings. The van der Waals surface area contributed by atoms with Gasteiger partial charge in [-0.2, -0.15) is 0 Å². The highest BCUT2D eigenvalue weighted by molar-refractivity contribution is 5.90. The predicted molar refractivity (Wildman–Crippen MR) is 94.9 cm³/mol. The Bertz CT molecular complexity index is 547. The molecule has 2 aliphatic carbocycles. The Labute approximate surface area is 139 Å². The fourth-order valence-corrected chi connectivity index (χ4v) is 3.83. The van der Waals surface area contributed by atoms with Gasteiger partial charge in [0, 0.05) is 17.8 Å². The molecular formula is C19H29N3O. The van der Waals surface area contributed by atoms with Crippen LogP contribution in [0.3, 0.4) is 0 Å². The zero-order chi connectivity index (χ0) is 16.3. The molecule has 0 spiro atoms. The van der Waals surface area contributed by atoms with Crippen LogP contribution in [0.15, 0.2) is 24.3 Å². The molecule has 0 heterocycles. The lowest BCUT2D eigenvalue weighted by atomic mass is 9.95. The molecule has 2 N–H and O–H groups in total. The van der Waals surface area contributed by atoms with E-state index in [0.29, 0.717) is 5.92 Å². The molecule has 2 amide bonds. The Kier molecular flexibility index (Phi) is 4.90. The first-order valence-electron chi connectivity index (χ1n) is 9.00. The van der Waals surface area contributed by atoms with Crippen LogP contribution in [-0.2, 0) is 0 Å². The van der Waals surface area contributed by atoms with Crippen LogP contribution in [0, 0.1) is 0 Å². The maximum atomic E-state index is 12.4. The molecule has 0 unspecified atom stereocenters. The maximum absolute atomic E-state index is 12.4. The van der Waals surface area contributed by atoms with Crippen molar-refractivity contribution in [1.29, 1.82) is 0 Å². The molecule has 0 saturated heterocycles. The molecule has 0 atom stereocenters. The lowest BCUT2D eigenvalue weighted by molar-refractivity contribution is 0.131. The number of rotatable bonds is 6. The molecule has 1 aromatic carbocycles. The number of carbonyl (C=O) groups is 1. The highest BCUT2D eigenvalue weighted by Gasteiger charge is 2.37. The van der Waals surface area contributed by atoms with Crippen molar-refractivity contribution in [3.63, 3.8) is 0 Å². The Balaban J connectivity index is 1.59. The molecule has 1 aromatic rings. The van der Waals surface area contributed by atoms with Crippen molar-refractivity contribution in [2.24, 2.45) is 0 Å². The van der Waals surface area contributed by atoms with Crippen LogP contribution < -0.4 is 10.6 Å². The van der Waals surface area contributed by atoms with E-state index in [0.717, 1.165) is 18.8 Å². The number of amides is 2. The van der Waals surface area contributed by atoms with Crippen molar-refractivity contribution in [1.82, 2.24) is 10.2 Å². The van der Waals surface area contributed by atoms with Gasteiger partial charge in [-0.15, -0.1) is 0 Å². The number of benzene rings is 1. The third-order valence-electron chi connectivity index (χ3n) is 5.62. The summed E-state index contributed by atoms with van der Waals surface area (Å²) in [6, 6.07) is 8.12. The number of para-hydroxylation sites is 1. The van der Waals surface area contributed by atoms with Gasteiger partial charge in [0.25, 0.3) is 0 Å². The van der Waals surface area contributed by atoms with Gasteiger partial charge in [-0.25, -0.2) is 4.79 Å². The Morgan fingerprint density at radius 1 is 1.26 bits per heavy atom. The molecule has 126 valence electrons. The highest BCUT2D eigenvalue weighted by atomic mass is 16.2. The number of likely N-dealkylation sites (N-methyl/N-ethyl adjacent to an activating group) is 1. The van der Waals surface area contributed by atoms with E-state index in [1.807, 2.05) is 12.1 Å². The van der Waals surface area contributed by atoms with Gasteiger partial charge in [0.1, 0.15) is 0 Å². The first-order valence-corrected chi connectivity index (χ1v) is 9.00. The zero-order valence-corrected chi connectivity index (χ0v) is 14.4. The van der Waals surface area contributed by atoms with Crippen LogP contribution in [0.4, 0.5) is 10.5 Å². The van der Waals surface area contributed by atoms with Crippen molar-refractivity contribution in [3.05, 3.63) is 29.8 Å². The van der Waals surface area contributed by atoms with Crippen molar-refractivity contribution >= 4 is 11.7 Å². The lowest BCUT2D eigenvalue weighted by Crippen LogP contribution is -2.53. The van der Waals surface area contributed by atoms with Gasteiger partial charge in [0.05, 0.1) is 0 Å². The number of nitrogens with zero attached hydrogens (tertiary/aromatic N) is 1. The fraction of sp³-hybridized carbons (Fsp3) is 0.632. The molecule has 4 nitrogen and oxygen atoms in total. The molecule has 0 aliphatic heterocycles. The minimum absolute atomic E-state index is 0.0751. The van der Waals surface area contributed by atoms with Gasteiger partial charge >= 0.3 is 6.03 Å². The van der Waals surface area contributed by atoms with Gasteiger partial charge in [-0.05, 0) is 56.8 Å². The van der Waals surface area contributed by atoms with Gasteiger partial charge in [0.15, 0.2) is 0 Å². The SMILES string of the molecule is CCN(C)C1(CNC(=O)Nc2ccccc2C2CC2)CCCC1. The van der Waals surface area contributed by atoms with Crippen LogP contribution in [0.1, 0.15) is 56.9 Å². The first-order chi connectivity index (χ1) is 11.1. The molecule has 0 bridgehead atoms. The first kappa shape index (κ1) is 16.3. The summed E-state index contributed by atoms with van der Waals surface area (Å²) in [5.74, 6) is 0.638. The molecular weight excluding hydrogens is 286 g/mol. The topological polar surface area (TPSA) is 44.4 Å². The summed E-state index contributed by atoms with van der Waals surface area (Å²) in [7, 11) is 2.17. The summed E-state index contributed by atoms with van der Waals surface area (Å²) in [6.07, 6.45) is 7.36. The van der Waals surface area contributed by atoms with E-state index < -0.39 is 0 Å². The van der Waals surface area contributed by atoms with Gasteiger partial charge in [0.2, 0.25) is 0 Å². The Morgan fingerprint density at radius 3 is 2.61 bits per heavy atom. The minimum Gasteiger partial charge on any atom is -0.336 e. The summed E-state index contributed by atoms with van der Waals surface area (Å²) in [4.78, 5) is 14.8. The Morgan fingerprint density at radius 2 is 1.96 bits per heavy atom. The molecule has 0 aromatic heterocycles. The molecule has 0 radical (unpaired) electrons. The smallest absolute Gasteiger partial charge is 0.319 e. The molecule has 2 fully saturated rings. The normalized spacial score (nSPS) is 19.8. The number of urea groups is 1. The van der Waals surface area contributed by atoms with E-state index in [1.165, 1.54) is 44.1 Å². The van der Waals surface area contributed by atoms with Gasteiger partial charge in [-0.1, -0.05) is 38.0 Å². The van der Waals surface area contributed by atoms with E-state index in [4.69, 9.17) is 0 Å². The van der Waals surface area contributed by atoms with Crippen molar-refractivity contribution < 1.29 is 4.79 Å². The average molecular weight is 315 g/mol. The van der Waals surface area contributed by atoms with Crippen molar-refractivity contribution in [3.8, 4) is 0 Å². The van der Waals surface area contributed by atoms with E-state index in [2.05, 4.69) is 41.6 Å². The van der Waals surface area contributed by atoms with Crippen molar-refractivity contribution in [2.45, 2.75) is 56.9 Å². The average Bonchev–Trinajstić information content (AvgIpc) is 3.30. The van der Waals surface area contributed by atoms with E-state index >= 15 is 0 Å². The van der Waals surface area contributed by atoms with Crippen LogP contribution in [0.5, 0.6) is 0 Å². The summed E-state index contributed by atoms with van der Waals surface area (Å²) in [5, 5.41) is 6.19. The minimum atomic E-state index is -0.0751. The number of hydrogen-bond donors (Lipinski definition) is 2. The second-order valence-electron chi connectivity index (χ2n) is 7.11. The quantitative estimate of drug-likeness (QED) is 0.835. The third kappa shape index (κ3) is 3.69. The highest BCUT2D eigenvalue weighted by Crippen LogP contribution is 2.43. The van der Waals surface area contributed by atoms with Crippen molar-refractivity contribution in [2.75, 3.05) is 25.5 Å². The number of anilines is 1. The molecule has 23 heavy (non-hydrogen) atoms. The number of nitrogens with one attached hydrogen (secondary N) is 2. The molecule has 2 saturated carbocycles. The molecule has 3 rings (SSSR count). The van der Waals surface area contributed by atoms with Crippen LogP contribution in [-0.4, -0.2) is 36.6 Å². The maximum Gasteiger partial charge on any atom is 0.319 e. The predicted octanol–water partition coefficient (Wildman–Crippen LogP) is 3.95. The number of carbonyl (C=O) groups excluding carboxylic acids is 1. The van der Waals surface area contributed by atoms with E-state index in [1.54, 1.807) is 0 Å². The third-order valence-corrected chi connectivity index (χ3v) is 5.62. The summed E-state index contributed by atoms with van der Waals surface area (Å²) in [5.41, 5.74) is 2.39. The van der Waals surface area contributed by atoms with Gasteiger partial charge in [-0.3, -0.25) is 4.90 Å². The second kappa shape index (κ2) is 6.91. The monoisotopic (exact) mass is 315 g/mol. The fourth-order valence-electron chi connectivity index (χ4n) is 3.83. The summed E-state index contributed by atoms with van der Waals surface area (Å²) in [6.45, 7) is 3.94. The van der Waals surface area contributed by atoms with Crippen LogP contribution >= 0.6 is 0 Å². The Hall–Kier alpha value is -1.55. The second-order valence-corrected chi connectivity index (χ2v) is 7.11. The standard InChI is InChI=1S/C19H29N3O/c1-3-22(2)19(12-6-7-13-19)14-20-18(23)21-17-9-5-4-8-16(17)15-10-11-15/h4-5,8-9,15H,3,6-7,10-14H2,1-2H3,(H2,20,21,23). The number of hydrogen-bond acceptors (Lipinski definition) is 2. The van der Waals surface area contributed by atoms with Gasteiger partial charge < -0.3 is 10.6 Å². The summed E-state index contributed by atoms with van der Waals surface area (Å²) >= 11 is 0. The largest absolute Gasteiger partial charge is 0.336 e. The van der Waals surface area contributed by atoms with Crippen LogP contribution in [0.2, 0.25) is 0 Å². The molecule has 4 heteroatoms.